The highest BCUT2D eigenvalue weighted by Crippen LogP contribution is 2.43. The summed E-state index contributed by atoms with van der Waals surface area (Å²) >= 11 is 0. The monoisotopic (exact) mass is 341 g/mol. The molecule has 2 bridgehead atoms. The van der Waals surface area contributed by atoms with Crippen molar-refractivity contribution >= 4 is 5.52 Å². The van der Waals surface area contributed by atoms with Crippen LogP contribution in [0.25, 0.3) is 16.6 Å². The third kappa shape index (κ3) is 2.41. The summed E-state index contributed by atoms with van der Waals surface area (Å²) in [6.45, 7) is 2.77. The topological polar surface area (TPSA) is 56.4 Å². The molecule has 0 spiro atoms. The molecular weight excluding hydrogens is 321 g/mol. The van der Waals surface area contributed by atoms with Crippen LogP contribution in [-0.2, 0) is 7.05 Å². The summed E-state index contributed by atoms with van der Waals surface area (Å²) < 4.78 is 23.6. The lowest BCUT2D eigenvalue weighted by Gasteiger charge is -2.49. The van der Waals surface area contributed by atoms with Gasteiger partial charge in [-0.1, -0.05) is 0 Å². The molecule has 6 nitrogen and oxygen atoms in total. The number of aromatic nitrogens is 4. The molecule has 3 atom stereocenters. The van der Waals surface area contributed by atoms with E-state index in [4.69, 9.17) is 4.74 Å². The molecule has 0 radical (unpaired) electrons. The molecule has 1 saturated carbocycles. The number of ether oxygens (including phenoxy) is 1. The summed E-state index contributed by atoms with van der Waals surface area (Å²) in [7, 11) is 1.87. The predicted molar refractivity (Wildman–Crippen MR) is 90.8 cm³/mol. The Hall–Kier alpha value is -2.41. The van der Waals surface area contributed by atoms with Gasteiger partial charge in [0.25, 0.3) is 0 Å². The molecular formula is C18H20FN5O. The Kier molecular flexibility index (Phi) is 3.31. The van der Waals surface area contributed by atoms with E-state index in [9.17, 15) is 4.39 Å². The summed E-state index contributed by atoms with van der Waals surface area (Å²) in [5.41, 5.74) is 2.26. The van der Waals surface area contributed by atoms with Crippen molar-refractivity contribution < 1.29 is 9.13 Å². The first-order chi connectivity index (χ1) is 12.2. The first kappa shape index (κ1) is 14.9. The maximum Gasteiger partial charge on any atom is 0.172 e. The number of piperidine rings is 2. The van der Waals surface area contributed by atoms with E-state index < -0.39 is 0 Å². The van der Waals surface area contributed by atoms with Gasteiger partial charge in [0, 0.05) is 36.5 Å². The fraction of sp³-hybridized carbons (Fsp3) is 0.444. The van der Waals surface area contributed by atoms with Gasteiger partial charge in [-0.25, -0.2) is 8.91 Å². The Balaban J connectivity index is 1.48. The van der Waals surface area contributed by atoms with Crippen molar-refractivity contribution in [2.24, 2.45) is 24.8 Å². The number of fused-ring (bicyclic) bond motifs is 3. The van der Waals surface area contributed by atoms with E-state index in [-0.39, 0.29) is 5.82 Å². The molecule has 1 unspecified atom stereocenters. The molecule has 1 aliphatic carbocycles. The molecule has 130 valence electrons. The molecule has 1 saturated heterocycles. The van der Waals surface area contributed by atoms with Gasteiger partial charge in [0.05, 0.1) is 19.0 Å². The first-order valence-electron chi connectivity index (χ1n) is 8.68. The lowest BCUT2D eigenvalue weighted by Crippen LogP contribution is -2.55. The molecule has 3 aromatic rings. The zero-order valence-corrected chi connectivity index (χ0v) is 14.0. The minimum Gasteiger partial charge on any atom is -0.491 e. The molecule has 2 aliphatic rings. The second kappa shape index (κ2) is 5.56. The zero-order chi connectivity index (χ0) is 17.0. The van der Waals surface area contributed by atoms with Gasteiger partial charge in [0.15, 0.2) is 5.82 Å². The average molecular weight is 341 g/mol. The van der Waals surface area contributed by atoms with E-state index in [1.807, 2.05) is 25.5 Å². The largest absolute Gasteiger partial charge is 0.491 e. The van der Waals surface area contributed by atoms with Crippen LogP contribution < -0.4 is 10.1 Å². The molecule has 0 aromatic carbocycles. The van der Waals surface area contributed by atoms with Crippen LogP contribution in [0.3, 0.4) is 0 Å². The summed E-state index contributed by atoms with van der Waals surface area (Å²) in [4.78, 5) is 0. The number of aryl methyl sites for hydroxylation is 1. The second-order valence-corrected chi connectivity index (χ2v) is 7.17. The summed E-state index contributed by atoms with van der Waals surface area (Å²) in [6, 6.07) is 1.89. The lowest BCUT2D eigenvalue weighted by atomic mass is 9.62. The van der Waals surface area contributed by atoms with E-state index >= 15 is 0 Å². The first-order valence-corrected chi connectivity index (χ1v) is 8.68. The van der Waals surface area contributed by atoms with Crippen LogP contribution in [0.5, 0.6) is 5.75 Å². The molecule has 25 heavy (non-hydrogen) atoms. The summed E-state index contributed by atoms with van der Waals surface area (Å²) in [5, 5.41) is 11.8. The van der Waals surface area contributed by atoms with E-state index in [1.165, 1.54) is 12.6 Å². The van der Waals surface area contributed by atoms with E-state index in [1.54, 1.807) is 15.4 Å². The highest BCUT2D eigenvalue weighted by molar-refractivity contribution is 5.70. The Morgan fingerprint density at radius 2 is 2.04 bits per heavy atom. The maximum absolute atomic E-state index is 14.2. The molecule has 0 amide bonds. The van der Waals surface area contributed by atoms with Gasteiger partial charge in [-0.05, 0) is 37.4 Å². The molecule has 3 aromatic heterocycles. The molecule has 5 rings (SSSR count). The quantitative estimate of drug-likeness (QED) is 0.790. The van der Waals surface area contributed by atoms with Gasteiger partial charge in [0.1, 0.15) is 11.3 Å². The number of hydrogen-bond acceptors (Lipinski definition) is 4. The van der Waals surface area contributed by atoms with E-state index in [0.29, 0.717) is 35.6 Å². The number of nitrogens with one attached hydrogen (secondary N) is 1. The Bertz CT molecular complexity index is 919. The Labute approximate surface area is 144 Å². The second-order valence-electron chi connectivity index (χ2n) is 7.17. The van der Waals surface area contributed by atoms with Crippen molar-refractivity contribution in [3.8, 4) is 16.9 Å². The third-order valence-corrected chi connectivity index (χ3v) is 5.63. The fourth-order valence-electron chi connectivity index (χ4n) is 4.20. The van der Waals surface area contributed by atoms with E-state index in [0.717, 1.165) is 24.2 Å². The number of hydrogen-bond donors (Lipinski definition) is 1. The molecule has 1 aliphatic heterocycles. The highest BCUT2D eigenvalue weighted by atomic mass is 19.1. The standard InChI is InChI=1S/C18H20FN5O/c1-23-8-14(6-21-23)13-3-17(18-16(19)7-22-24(18)9-13)25-10-15-11-2-12(15)5-20-4-11/h3,6-9,11-12,15,20H,2,4-5,10H2,1H3/t11-,12+,15?. The Morgan fingerprint density at radius 1 is 1.20 bits per heavy atom. The number of rotatable bonds is 4. The third-order valence-electron chi connectivity index (χ3n) is 5.63. The predicted octanol–water partition coefficient (Wildman–Crippen LogP) is 2.11. The van der Waals surface area contributed by atoms with Crippen molar-refractivity contribution in [2.75, 3.05) is 19.7 Å². The van der Waals surface area contributed by atoms with E-state index in [2.05, 4.69) is 15.5 Å². The van der Waals surface area contributed by atoms with Gasteiger partial charge in [-0.2, -0.15) is 10.2 Å². The summed E-state index contributed by atoms with van der Waals surface area (Å²) in [5.74, 6) is 2.13. The van der Waals surface area contributed by atoms with Gasteiger partial charge in [-0.15, -0.1) is 0 Å². The fourth-order valence-corrected chi connectivity index (χ4v) is 4.20. The van der Waals surface area contributed by atoms with Crippen molar-refractivity contribution in [1.82, 2.24) is 24.7 Å². The van der Waals surface area contributed by atoms with Crippen LogP contribution in [0.4, 0.5) is 4.39 Å². The molecule has 4 heterocycles. The van der Waals surface area contributed by atoms with Crippen molar-refractivity contribution in [3.05, 3.63) is 36.7 Å². The van der Waals surface area contributed by atoms with Gasteiger partial charge < -0.3 is 10.1 Å². The van der Waals surface area contributed by atoms with Gasteiger partial charge in [-0.3, -0.25) is 4.68 Å². The smallest absolute Gasteiger partial charge is 0.172 e. The van der Waals surface area contributed by atoms with Crippen LogP contribution >= 0.6 is 0 Å². The van der Waals surface area contributed by atoms with Crippen molar-refractivity contribution in [1.29, 1.82) is 0 Å². The number of pyridine rings is 1. The Morgan fingerprint density at radius 3 is 2.76 bits per heavy atom. The highest BCUT2D eigenvalue weighted by Gasteiger charge is 2.43. The van der Waals surface area contributed by atoms with Gasteiger partial charge >= 0.3 is 0 Å². The molecule has 2 fully saturated rings. The minimum atomic E-state index is -0.358. The van der Waals surface area contributed by atoms with Crippen molar-refractivity contribution in [2.45, 2.75) is 6.42 Å². The minimum absolute atomic E-state index is 0.358. The van der Waals surface area contributed by atoms with Crippen LogP contribution in [0.1, 0.15) is 6.42 Å². The number of nitrogens with zero attached hydrogens (tertiary/aromatic N) is 4. The average Bonchev–Trinajstić information content (AvgIpc) is 3.22. The summed E-state index contributed by atoms with van der Waals surface area (Å²) in [6.07, 6.45) is 8.04. The molecule has 7 heteroatoms. The van der Waals surface area contributed by atoms with Crippen molar-refractivity contribution in [3.63, 3.8) is 0 Å². The normalized spacial score (nSPS) is 25.1. The van der Waals surface area contributed by atoms with Crippen LogP contribution in [0.2, 0.25) is 0 Å². The van der Waals surface area contributed by atoms with Crippen LogP contribution in [0.15, 0.2) is 30.9 Å². The maximum atomic E-state index is 14.2. The number of halogens is 1. The molecule has 1 N–H and O–H groups in total. The SMILES string of the molecule is Cn1cc(-c2cc(OCC3[C@@H]4CNC[C@H]3C4)c3c(F)cnn3c2)cn1. The van der Waals surface area contributed by atoms with Crippen LogP contribution in [0, 0.1) is 23.6 Å². The zero-order valence-electron chi connectivity index (χ0n) is 14.0. The lowest BCUT2D eigenvalue weighted by molar-refractivity contribution is -0.00216. The van der Waals surface area contributed by atoms with Crippen LogP contribution in [-0.4, -0.2) is 39.1 Å². The van der Waals surface area contributed by atoms with Gasteiger partial charge in [0.2, 0.25) is 0 Å².